The van der Waals surface area contributed by atoms with Crippen LogP contribution in [0.15, 0.2) is 206 Å². The summed E-state index contributed by atoms with van der Waals surface area (Å²) in [6, 6.07) is 81.8. The van der Waals surface area contributed by atoms with Gasteiger partial charge in [0.15, 0.2) is 0 Å². The predicted molar refractivity (Wildman–Crippen MR) is 346 cm³/mol. The summed E-state index contributed by atoms with van der Waals surface area (Å²) in [6.45, 7) is 29.8. The van der Waals surface area contributed by atoms with E-state index < -0.39 is 8.07 Å². The van der Waals surface area contributed by atoms with Crippen molar-refractivity contribution in [2.45, 2.75) is 105 Å². The van der Waals surface area contributed by atoms with Crippen molar-refractivity contribution in [3.63, 3.8) is 0 Å². The Morgan fingerprint density at radius 1 is 0.434 bits per heavy atom. The molecule has 0 aliphatic carbocycles. The maximum Gasteiger partial charge on any atom is 0.135 e. The minimum atomic E-state index is -2.93. The van der Waals surface area contributed by atoms with Crippen molar-refractivity contribution in [1.29, 1.82) is 0 Å². The smallest absolute Gasteiger partial charge is 0.135 e. The molecule has 7 heteroatoms. The van der Waals surface area contributed by atoms with Crippen molar-refractivity contribution in [2.24, 2.45) is 0 Å². The van der Waals surface area contributed by atoms with Gasteiger partial charge in [0.1, 0.15) is 13.9 Å². The first-order chi connectivity index (χ1) is 39.2. The van der Waals surface area contributed by atoms with Crippen LogP contribution in [-0.2, 0) is 42.7 Å². The number of ether oxygens (including phenoxy) is 1. The van der Waals surface area contributed by atoms with Gasteiger partial charge < -0.3 is 19.4 Å². The predicted octanol–water partition coefficient (Wildman–Crippen LogP) is 17.5. The Balaban J connectivity index is 0.00000680. The average molecular weight is 1280 g/mol. The molecule has 0 bridgehead atoms. The molecule has 3 aliphatic rings. The van der Waals surface area contributed by atoms with E-state index in [-0.39, 0.29) is 42.7 Å². The molecule has 1 atom stereocenters. The van der Waals surface area contributed by atoms with Crippen LogP contribution in [0.1, 0.15) is 105 Å². The fourth-order valence-electron chi connectivity index (χ4n) is 12.6. The Bertz CT molecular complexity index is 4090. The van der Waals surface area contributed by atoms with E-state index in [4.69, 9.17) is 9.72 Å². The van der Waals surface area contributed by atoms with Gasteiger partial charge in [0.2, 0.25) is 0 Å². The number of hydrogen-bond acceptors (Lipinski definition) is 5. The van der Waals surface area contributed by atoms with E-state index in [2.05, 4.69) is 317 Å². The largest absolute Gasteiger partial charge is 0.509 e. The van der Waals surface area contributed by atoms with Crippen LogP contribution in [0.5, 0.6) is 11.5 Å². The van der Waals surface area contributed by atoms with Crippen molar-refractivity contribution in [2.75, 3.05) is 14.7 Å². The summed E-state index contributed by atoms with van der Waals surface area (Å²) in [5.41, 5.74) is 18.0. The molecule has 4 heterocycles. The fourth-order valence-corrected chi connectivity index (χ4v) is 18.1. The zero-order valence-electron chi connectivity index (χ0n) is 49.7. The second-order valence-electron chi connectivity index (χ2n) is 26.6. The second-order valence-corrected chi connectivity index (χ2v) is 30.3. The molecule has 0 radical (unpaired) electrons. The van der Waals surface area contributed by atoms with E-state index in [9.17, 15) is 0 Å². The standard InChI is InChI=1S/C76H71N4OSi.Pt/c1-73(2,3)52-39-40-77-70(46-52)80-66-35-24-32-63-62-29-19-22-36-68(62)82(72(63)66,59-27-17-14-18-28-59)69-38-37-57(48-67(69)80)81-58-45-55(76(10,11)12)44-56(47-58)78-49-79(65-34-21-20-33-64(65)78)71-60(50-25-15-13-16-26-50)30-23-31-61(71)51-41-53(74(4,5)6)43-54(42-51)75(7,8)9;/h13-46,49H,1-12H3;/q-3;. The van der Waals surface area contributed by atoms with E-state index in [1.807, 2.05) is 6.20 Å². The minimum absolute atomic E-state index is 0. The third kappa shape index (κ3) is 9.57. The number of nitrogens with zero attached hydrogens (tertiary/aromatic N) is 4. The molecule has 0 amide bonds. The first-order valence-corrected chi connectivity index (χ1v) is 30.9. The van der Waals surface area contributed by atoms with E-state index >= 15 is 0 Å². The van der Waals surface area contributed by atoms with Crippen molar-refractivity contribution in [1.82, 2.24) is 4.98 Å². The van der Waals surface area contributed by atoms with Gasteiger partial charge in [0, 0.05) is 72.6 Å². The van der Waals surface area contributed by atoms with Gasteiger partial charge in [-0.1, -0.05) is 240 Å². The molecule has 3 aliphatic heterocycles. The van der Waals surface area contributed by atoms with E-state index in [1.165, 1.54) is 54.1 Å². The van der Waals surface area contributed by atoms with Crippen LogP contribution >= 0.6 is 0 Å². The second kappa shape index (κ2) is 20.5. The van der Waals surface area contributed by atoms with Crippen molar-refractivity contribution < 1.29 is 25.8 Å². The Hall–Kier alpha value is -7.76. The molecule has 0 fully saturated rings. The van der Waals surface area contributed by atoms with Crippen molar-refractivity contribution >= 4 is 68.8 Å². The number of rotatable bonds is 8. The number of pyridine rings is 1. The molecule has 1 aromatic heterocycles. The van der Waals surface area contributed by atoms with Gasteiger partial charge >= 0.3 is 0 Å². The van der Waals surface area contributed by atoms with Crippen LogP contribution in [0, 0.1) is 18.8 Å². The number of para-hydroxylation sites is 3. The molecular formula is C76H71N4OPtSi-3. The van der Waals surface area contributed by atoms with Crippen molar-refractivity contribution in [3.05, 3.63) is 247 Å². The Morgan fingerprint density at radius 3 is 1.66 bits per heavy atom. The molecule has 5 nitrogen and oxygen atoms in total. The quantitative estimate of drug-likeness (QED) is 0.112. The summed E-state index contributed by atoms with van der Waals surface area (Å²) in [5.74, 6) is 2.07. The molecule has 13 rings (SSSR count). The van der Waals surface area contributed by atoms with E-state index in [1.54, 1.807) is 0 Å². The Kier molecular flexibility index (Phi) is 13.8. The first kappa shape index (κ1) is 55.8. The van der Waals surface area contributed by atoms with Gasteiger partial charge in [-0.3, -0.25) is 0 Å². The monoisotopic (exact) mass is 1280 g/mol. The summed E-state index contributed by atoms with van der Waals surface area (Å²) in [4.78, 5) is 12.2. The number of benzene rings is 9. The van der Waals surface area contributed by atoms with Crippen LogP contribution in [0.25, 0.3) is 33.4 Å². The van der Waals surface area contributed by atoms with Gasteiger partial charge in [-0.15, -0.1) is 53.4 Å². The van der Waals surface area contributed by atoms with Gasteiger partial charge in [-0.25, -0.2) is 4.98 Å². The number of anilines is 7. The third-order valence-corrected chi connectivity index (χ3v) is 21.9. The van der Waals surface area contributed by atoms with Crippen LogP contribution in [0.4, 0.5) is 39.9 Å². The summed E-state index contributed by atoms with van der Waals surface area (Å²) >= 11 is 0. The molecule has 83 heavy (non-hydrogen) atoms. The Labute approximate surface area is 508 Å². The van der Waals surface area contributed by atoms with Crippen LogP contribution in [0.3, 0.4) is 0 Å². The third-order valence-electron chi connectivity index (χ3n) is 17.0. The van der Waals surface area contributed by atoms with E-state index in [0.29, 0.717) is 11.5 Å². The molecule has 418 valence electrons. The van der Waals surface area contributed by atoms with Gasteiger partial charge in [0.25, 0.3) is 0 Å². The average Bonchev–Trinajstić information content (AvgIpc) is 1.65. The maximum absolute atomic E-state index is 7.25. The van der Waals surface area contributed by atoms with Gasteiger partial charge in [0.05, 0.1) is 0 Å². The zero-order valence-corrected chi connectivity index (χ0v) is 53.0. The van der Waals surface area contributed by atoms with Crippen molar-refractivity contribution in [3.8, 4) is 44.9 Å². The molecule has 0 saturated heterocycles. The van der Waals surface area contributed by atoms with Crippen LogP contribution in [0.2, 0.25) is 0 Å². The summed E-state index contributed by atoms with van der Waals surface area (Å²) in [7, 11) is -2.93. The van der Waals surface area contributed by atoms with E-state index in [0.717, 1.165) is 62.2 Å². The minimum Gasteiger partial charge on any atom is -0.509 e. The summed E-state index contributed by atoms with van der Waals surface area (Å²) < 4.78 is 7.25. The topological polar surface area (TPSA) is 31.8 Å². The molecule has 1 unspecified atom stereocenters. The molecule has 10 aromatic rings. The van der Waals surface area contributed by atoms with Gasteiger partial charge in [-0.05, 0) is 101 Å². The normalized spacial score (nSPS) is 15.3. The molecule has 0 saturated carbocycles. The molecule has 9 aromatic carbocycles. The Morgan fingerprint density at radius 2 is 0.988 bits per heavy atom. The number of hydrogen-bond donors (Lipinski definition) is 0. The maximum atomic E-state index is 7.25. The van der Waals surface area contributed by atoms with Gasteiger partial charge in [-0.2, -0.15) is 6.07 Å². The zero-order chi connectivity index (χ0) is 57.1. The number of aromatic nitrogens is 1. The fraction of sp³-hybridized carbons (Fsp3) is 0.211. The van der Waals surface area contributed by atoms with Crippen LogP contribution in [-0.4, -0.2) is 13.1 Å². The van der Waals surface area contributed by atoms with Crippen LogP contribution < -0.4 is 40.2 Å². The molecule has 0 spiro atoms. The molecular weight excluding hydrogens is 1210 g/mol. The number of fused-ring (bicyclic) bond motifs is 6. The summed E-state index contributed by atoms with van der Waals surface area (Å²) in [6.07, 6.45) is 1.96. The first-order valence-electron chi connectivity index (χ1n) is 28.9. The SMILES string of the molecule is CC(C)(C)c1cc(Oc2[c-]c3c(cc2)[Si]2(c4ccccc4)c4ccccc4-c4cccc(c42)N3c2cc(C(C)(C)C)ccn2)[c-]c(N2[CH-]N(c3c(-c4ccccc4)cccc3-c3cc(C(C)(C)C)cc(C(C)(C)C)c3)c3ccccc32)c1.[Pt]. The molecule has 0 N–H and O–H groups in total. The summed E-state index contributed by atoms with van der Waals surface area (Å²) in [5, 5.41) is 5.37.